The Balaban J connectivity index is 1.59. The van der Waals surface area contributed by atoms with Gasteiger partial charge in [-0.05, 0) is 76.0 Å². The number of nitrogens with one attached hydrogen (secondary N) is 2. The summed E-state index contributed by atoms with van der Waals surface area (Å²) in [4.78, 5) is 15.3. The average molecular weight is 466 g/mol. The minimum atomic E-state index is -0.0573. The molecule has 7 heteroatoms. The molecule has 0 radical (unpaired) electrons. The molecule has 3 heterocycles. The van der Waals surface area contributed by atoms with E-state index in [4.69, 9.17) is 0 Å². The molecule has 130 valence electrons. The first-order valence-corrected chi connectivity index (χ1v) is 10.5. The molecule has 1 aliphatic heterocycles. The lowest BCUT2D eigenvalue weighted by Crippen LogP contribution is -2.43. The van der Waals surface area contributed by atoms with Gasteiger partial charge in [-0.25, -0.2) is 0 Å². The van der Waals surface area contributed by atoms with Crippen LogP contribution < -0.4 is 5.32 Å². The van der Waals surface area contributed by atoms with Gasteiger partial charge in [-0.3, -0.25) is 14.8 Å². The quantitative estimate of drug-likeness (QED) is 0.569. The van der Waals surface area contributed by atoms with E-state index in [2.05, 4.69) is 59.8 Å². The predicted octanol–water partition coefficient (Wildman–Crippen LogP) is 4.14. The molecule has 1 atom stereocenters. The van der Waals surface area contributed by atoms with E-state index in [1.165, 1.54) is 24.8 Å². The number of thiophene rings is 1. The van der Waals surface area contributed by atoms with Gasteiger partial charge < -0.3 is 5.32 Å². The molecular weight excluding hydrogens is 447 g/mol. The van der Waals surface area contributed by atoms with Gasteiger partial charge in [0.1, 0.15) is 9.87 Å². The van der Waals surface area contributed by atoms with Gasteiger partial charge in [0.25, 0.3) is 5.91 Å². The van der Waals surface area contributed by atoms with Gasteiger partial charge in [0.05, 0.1) is 5.52 Å². The molecule has 2 N–H and O–H groups in total. The van der Waals surface area contributed by atoms with Crippen LogP contribution in [0.15, 0.2) is 35.0 Å². The summed E-state index contributed by atoms with van der Waals surface area (Å²) in [7, 11) is 0. The van der Waals surface area contributed by atoms with Crippen molar-refractivity contribution in [1.29, 1.82) is 0 Å². The van der Waals surface area contributed by atoms with Crippen LogP contribution in [-0.2, 0) is 0 Å². The van der Waals surface area contributed by atoms with E-state index in [1.807, 2.05) is 18.2 Å². The Bertz CT molecular complexity index is 870. The monoisotopic (exact) mass is 466 g/mol. The standard InChI is InChI=1S/C18H19IN4OS/c19-16-14-10-12(4-5-15(14)21-22-16)18(24)20-17(13-6-9-25-11-13)23-7-2-1-3-8-23/h4-6,9-11,17H,1-3,7-8H2,(H,20,24)(H,21,22). The van der Waals surface area contributed by atoms with Crippen molar-refractivity contribution < 1.29 is 4.79 Å². The van der Waals surface area contributed by atoms with Crippen LogP contribution in [0.25, 0.3) is 10.9 Å². The first-order chi connectivity index (χ1) is 12.2. The topological polar surface area (TPSA) is 61.0 Å². The van der Waals surface area contributed by atoms with Gasteiger partial charge in [0.2, 0.25) is 0 Å². The van der Waals surface area contributed by atoms with Crippen molar-refractivity contribution in [2.45, 2.75) is 25.4 Å². The summed E-state index contributed by atoms with van der Waals surface area (Å²) in [5.74, 6) is -0.0410. The second-order valence-corrected chi connectivity index (χ2v) is 8.11. The van der Waals surface area contributed by atoms with Gasteiger partial charge >= 0.3 is 0 Å². The summed E-state index contributed by atoms with van der Waals surface area (Å²) in [6.45, 7) is 2.05. The molecule has 1 aromatic carbocycles. The maximum atomic E-state index is 12.9. The molecule has 0 aliphatic carbocycles. The number of piperidine rings is 1. The number of aromatic amines is 1. The highest BCUT2D eigenvalue weighted by Crippen LogP contribution is 2.25. The van der Waals surface area contributed by atoms with Gasteiger partial charge in [-0.15, -0.1) is 0 Å². The normalized spacial score (nSPS) is 16.8. The van der Waals surface area contributed by atoms with Crippen LogP contribution in [0.1, 0.15) is 41.3 Å². The third-order valence-corrected chi connectivity index (χ3v) is 6.18. The summed E-state index contributed by atoms with van der Waals surface area (Å²) < 4.78 is 0.882. The zero-order valence-electron chi connectivity index (χ0n) is 13.7. The predicted molar refractivity (Wildman–Crippen MR) is 109 cm³/mol. The molecule has 4 rings (SSSR count). The number of aromatic nitrogens is 2. The Morgan fingerprint density at radius 2 is 2.12 bits per heavy atom. The maximum Gasteiger partial charge on any atom is 0.252 e. The SMILES string of the molecule is O=C(NC(c1ccsc1)N1CCCCC1)c1ccc2[nH]nc(I)c2c1. The van der Waals surface area contributed by atoms with Gasteiger partial charge in [0, 0.05) is 24.0 Å². The third kappa shape index (κ3) is 3.58. The molecule has 0 saturated carbocycles. The molecule has 1 saturated heterocycles. The highest BCUT2D eigenvalue weighted by atomic mass is 127. The van der Waals surface area contributed by atoms with Crippen LogP contribution in [0.5, 0.6) is 0 Å². The Hall–Kier alpha value is -1.45. The Labute approximate surface area is 163 Å². The van der Waals surface area contributed by atoms with Crippen LogP contribution in [0.3, 0.4) is 0 Å². The van der Waals surface area contributed by atoms with E-state index < -0.39 is 0 Å². The van der Waals surface area contributed by atoms with Crippen molar-refractivity contribution in [1.82, 2.24) is 20.4 Å². The second-order valence-electron chi connectivity index (χ2n) is 6.30. The molecule has 1 unspecified atom stereocenters. The third-order valence-electron chi connectivity index (χ3n) is 4.66. The van der Waals surface area contributed by atoms with Crippen molar-refractivity contribution in [3.63, 3.8) is 0 Å². The van der Waals surface area contributed by atoms with E-state index in [0.717, 1.165) is 27.7 Å². The van der Waals surface area contributed by atoms with Gasteiger partial charge in [0.15, 0.2) is 0 Å². The lowest BCUT2D eigenvalue weighted by atomic mass is 10.1. The van der Waals surface area contributed by atoms with E-state index in [1.54, 1.807) is 11.3 Å². The number of hydrogen-bond acceptors (Lipinski definition) is 4. The lowest BCUT2D eigenvalue weighted by Gasteiger charge is -2.34. The van der Waals surface area contributed by atoms with E-state index in [-0.39, 0.29) is 12.1 Å². The van der Waals surface area contributed by atoms with Crippen molar-refractivity contribution in [2.24, 2.45) is 0 Å². The number of halogens is 1. The Morgan fingerprint density at radius 3 is 2.88 bits per heavy atom. The summed E-state index contributed by atoms with van der Waals surface area (Å²) in [6.07, 6.45) is 3.60. The smallest absolute Gasteiger partial charge is 0.252 e. The molecule has 5 nitrogen and oxygen atoms in total. The van der Waals surface area contributed by atoms with Crippen LogP contribution in [0.2, 0.25) is 0 Å². The van der Waals surface area contributed by atoms with E-state index >= 15 is 0 Å². The van der Waals surface area contributed by atoms with Gasteiger partial charge in [-0.2, -0.15) is 16.4 Å². The molecule has 0 bridgehead atoms. The van der Waals surface area contributed by atoms with Crippen LogP contribution in [0.4, 0.5) is 0 Å². The fourth-order valence-electron chi connectivity index (χ4n) is 3.32. The van der Waals surface area contributed by atoms with Crippen molar-refractivity contribution in [3.8, 4) is 0 Å². The fourth-order valence-corrected chi connectivity index (χ4v) is 4.57. The molecule has 1 aliphatic rings. The molecule has 0 spiro atoms. The number of benzene rings is 1. The molecule has 25 heavy (non-hydrogen) atoms. The number of hydrogen-bond donors (Lipinski definition) is 2. The summed E-state index contributed by atoms with van der Waals surface area (Å²) in [5.41, 5.74) is 2.79. The molecular formula is C18H19IN4OS. The average Bonchev–Trinajstić information content (AvgIpc) is 3.30. The molecule has 3 aromatic rings. The van der Waals surface area contributed by atoms with E-state index in [9.17, 15) is 4.79 Å². The minimum Gasteiger partial charge on any atom is -0.332 e. The summed E-state index contributed by atoms with van der Waals surface area (Å²) in [6, 6.07) is 7.79. The zero-order chi connectivity index (χ0) is 17.2. The Morgan fingerprint density at radius 1 is 1.28 bits per heavy atom. The minimum absolute atomic E-state index is 0.0410. The van der Waals surface area contributed by atoms with Gasteiger partial charge in [-0.1, -0.05) is 6.42 Å². The number of rotatable bonds is 4. The number of fused-ring (bicyclic) bond motifs is 1. The second kappa shape index (κ2) is 7.43. The Kier molecular flexibility index (Phi) is 5.05. The largest absolute Gasteiger partial charge is 0.332 e. The molecule has 1 fully saturated rings. The van der Waals surface area contributed by atoms with Crippen LogP contribution in [0, 0.1) is 3.70 Å². The van der Waals surface area contributed by atoms with Crippen LogP contribution >= 0.6 is 33.9 Å². The lowest BCUT2D eigenvalue weighted by molar-refractivity contribution is 0.0814. The number of nitrogens with zero attached hydrogens (tertiary/aromatic N) is 2. The summed E-state index contributed by atoms with van der Waals surface area (Å²) in [5, 5.41) is 15.6. The van der Waals surface area contributed by atoms with Crippen molar-refractivity contribution in [3.05, 3.63) is 49.9 Å². The number of amides is 1. The number of H-pyrrole nitrogens is 1. The highest BCUT2D eigenvalue weighted by molar-refractivity contribution is 14.1. The number of likely N-dealkylation sites (tertiary alicyclic amines) is 1. The zero-order valence-corrected chi connectivity index (χ0v) is 16.6. The number of carbonyl (C=O) groups is 1. The first kappa shape index (κ1) is 17.0. The maximum absolute atomic E-state index is 12.9. The first-order valence-electron chi connectivity index (χ1n) is 8.43. The van der Waals surface area contributed by atoms with Crippen LogP contribution in [-0.4, -0.2) is 34.1 Å². The molecule has 2 aromatic heterocycles. The molecule has 1 amide bonds. The van der Waals surface area contributed by atoms with E-state index in [0.29, 0.717) is 5.56 Å². The van der Waals surface area contributed by atoms with Crippen molar-refractivity contribution >= 4 is 50.7 Å². The van der Waals surface area contributed by atoms with Crippen molar-refractivity contribution in [2.75, 3.05) is 13.1 Å². The number of carbonyl (C=O) groups excluding carboxylic acids is 1. The fraction of sp³-hybridized carbons (Fsp3) is 0.333. The summed E-state index contributed by atoms with van der Waals surface area (Å²) >= 11 is 3.85. The highest BCUT2D eigenvalue weighted by Gasteiger charge is 2.24.